The van der Waals surface area contributed by atoms with E-state index in [9.17, 15) is 4.79 Å². The molecule has 0 aromatic carbocycles. The number of unbranched alkanes of at least 4 members (excludes halogenated alkanes) is 7. The van der Waals surface area contributed by atoms with Crippen LogP contribution in [-0.4, -0.2) is 28.7 Å². The summed E-state index contributed by atoms with van der Waals surface area (Å²) in [5, 5.41) is 0. The minimum atomic E-state index is 0.295. The molecule has 0 saturated carbocycles. The van der Waals surface area contributed by atoms with Crippen molar-refractivity contribution < 1.29 is 4.79 Å². The second-order valence-corrected chi connectivity index (χ2v) is 6.50. The summed E-state index contributed by atoms with van der Waals surface area (Å²) in [4.78, 5) is 14.0. The van der Waals surface area contributed by atoms with E-state index in [0.29, 0.717) is 17.2 Å². The van der Waals surface area contributed by atoms with E-state index in [1.54, 1.807) is 0 Å². The molecule has 0 amide bonds. The Morgan fingerprint density at radius 1 is 1.11 bits per heavy atom. The van der Waals surface area contributed by atoms with Gasteiger partial charge < -0.3 is 0 Å². The van der Waals surface area contributed by atoms with Crippen molar-refractivity contribution in [1.29, 1.82) is 0 Å². The maximum atomic E-state index is 11.3. The summed E-state index contributed by atoms with van der Waals surface area (Å²) in [7, 11) is 0. The molecule has 106 valence electrons. The first-order valence-electron chi connectivity index (χ1n) is 7.64. The Morgan fingerprint density at radius 2 is 1.72 bits per heavy atom. The topological polar surface area (TPSA) is 20.3 Å². The van der Waals surface area contributed by atoms with Crippen LogP contribution in [0.5, 0.6) is 0 Å². The Labute approximate surface area is 121 Å². The molecule has 18 heavy (non-hydrogen) atoms. The van der Waals surface area contributed by atoms with Crippen LogP contribution in [0.4, 0.5) is 0 Å². The molecule has 1 saturated heterocycles. The Hall–Kier alpha value is 0.110. The normalized spacial score (nSPS) is 21.4. The molecule has 2 nitrogen and oxygen atoms in total. The zero-order valence-corrected chi connectivity index (χ0v) is 13.4. The van der Waals surface area contributed by atoms with E-state index in [4.69, 9.17) is 0 Å². The molecule has 1 aliphatic heterocycles. The lowest BCUT2D eigenvalue weighted by atomic mass is 10.1. The van der Waals surface area contributed by atoms with Crippen LogP contribution in [0, 0.1) is 0 Å². The molecule has 0 aliphatic carbocycles. The molecular formula is C15H28BrNO. The minimum Gasteiger partial charge on any atom is -0.300 e. The molecular weight excluding hydrogens is 290 g/mol. The van der Waals surface area contributed by atoms with E-state index >= 15 is 0 Å². The number of nitrogens with zero attached hydrogens (tertiary/aromatic N) is 1. The van der Waals surface area contributed by atoms with Crippen LogP contribution in [0.25, 0.3) is 0 Å². The van der Waals surface area contributed by atoms with Crippen molar-refractivity contribution in [2.45, 2.75) is 76.1 Å². The molecule has 0 radical (unpaired) electrons. The van der Waals surface area contributed by atoms with E-state index < -0.39 is 0 Å². The van der Waals surface area contributed by atoms with Gasteiger partial charge in [-0.15, -0.1) is 0 Å². The van der Waals surface area contributed by atoms with Crippen LogP contribution in [0.2, 0.25) is 0 Å². The van der Waals surface area contributed by atoms with Crippen molar-refractivity contribution in [2.24, 2.45) is 0 Å². The number of ketones is 1. The Bertz CT molecular complexity index is 233. The van der Waals surface area contributed by atoms with E-state index in [2.05, 4.69) is 27.8 Å². The lowest BCUT2D eigenvalue weighted by Gasteiger charge is -2.31. The molecule has 0 spiro atoms. The Balaban J connectivity index is 1.93. The maximum Gasteiger partial charge on any atom is 0.136 e. The van der Waals surface area contributed by atoms with Crippen LogP contribution in [0.1, 0.15) is 71.1 Å². The van der Waals surface area contributed by atoms with Gasteiger partial charge in [-0.25, -0.2) is 0 Å². The highest BCUT2D eigenvalue weighted by atomic mass is 79.9. The van der Waals surface area contributed by atoms with E-state index in [-0.39, 0.29) is 0 Å². The molecule has 0 aromatic heterocycles. The lowest BCUT2D eigenvalue weighted by Crippen LogP contribution is -2.39. The van der Waals surface area contributed by atoms with Gasteiger partial charge in [-0.1, -0.05) is 67.8 Å². The first-order valence-corrected chi connectivity index (χ1v) is 8.55. The molecule has 1 fully saturated rings. The monoisotopic (exact) mass is 317 g/mol. The molecule has 0 N–H and O–H groups in total. The molecule has 0 bridgehead atoms. The van der Waals surface area contributed by atoms with Gasteiger partial charge in [-0.2, -0.15) is 0 Å². The van der Waals surface area contributed by atoms with E-state index in [0.717, 1.165) is 19.5 Å². The third-order valence-electron chi connectivity index (χ3n) is 3.77. The zero-order valence-electron chi connectivity index (χ0n) is 11.8. The third kappa shape index (κ3) is 6.89. The SMILES string of the molecule is CCCCCCCCCCN1CCC(=O)CC1Br. The number of carbonyl (C=O) groups is 1. The number of piperidine rings is 1. The average Bonchev–Trinajstić information content (AvgIpc) is 2.35. The number of rotatable bonds is 9. The van der Waals surface area contributed by atoms with Gasteiger partial charge in [0.2, 0.25) is 0 Å². The fourth-order valence-corrected chi connectivity index (χ4v) is 3.30. The number of Topliss-reactive ketones (excluding diaryl/α,β-unsaturated/α-hetero) is 1. The van der Waals surface area contributed by atoms with Gasteiger partial charge >= 0.3 is 0 Å². The predicted molar refractivity (Wildman–Crippen MR) is 81.1 cm³/mol. The van der Waals surface area contributed by atoms with Crippen LogP contribution < -0.4 is 0 Å². The summed E-state index contributed by atoms with van der Waals surface area (Å²) in [6.07, 6.45) is 12.4. The third-order valence-corrected chi connectivity index (χ3v) is 4.67. The number of carbonyl (C=O) groups excluding carboxylic acids is 1. The number of hydrogen-bond donors (Lipinski definition) is 0. The summed E-state index contributed by atoms with van der Waals surface area (Å²) in [5.74, 6) is 0.407. The smallest absolute Gasteiger partial charge is 0.136 e. The van der Waals surface area contributed by atoms with Crippen LogP contribution in [0.15, 0.2) is 0 Å². The maximum absolute atomic E-state index is 11.3. The largest absolute Gasteiger partial charge is 0.300 e. The number of alkyl halides is 1. The van der Waals surface area contributed by atoms with Crippen molar-refractivity contribution in [3.63, 3.8) is 0 Å². The van der Waals surface area contributed by atoms with Crippen LogP contribution in [-0.2, 0) is 4.79 Å². The van der Waals surface area contributed by atoms with Crippen molar-refractivity contribution in [2.75, 3.05) is 13.1 Å². The molecule has 0 aromatic rings. The van der Waals surface area contributed by atoms with Crippen molar-refractivity contribution >= 4 is 21.7 Å². The van der Waals surface area contributed by atoms with Gasteiger partial charge in [0.25, 0.3) is 0 Å². The first kappa shape index (κ1) is 16.2. The van der Waals surface area contributed by atoms with Crippen molar-refractivity contribution in [3.8, 4) is 0 Å². The number of halogens is 1. The predicted octanol–water partition coefficient (Wildman–Crippen LogP) is 4.51. The van der Waals surface area contributed by atoms with Gasteiger partial charge in [-0.05, 0) is 13.0 Å². The summed E-state index contributed by atoms with van der Waals surface area (Å²) < 4.78 is 0. The van der Waals surface area contributed by atoms with Crippen molar-refractivity contribution in [1.82, 2.24) is 4.90 Å². The van der Waals surface area contributed by atoms with Gasteiger partial charge in [0, 0.05) is 19.4 Å². The van der Waals surface area contributed by atoms with Crippen LogP contribution >= 0.6 is 15.9 Å². The Kier molecular flexibility index (Phi) is 8.95. The van der Waals surface area contributed by atoms with Crippen LogP contribution in [0.3, 0.4) is 0 Å². The summed E-state index contributed by atoms with van der Waals surface area (Å²) in [6, 6.07) is 0. The van der Waals surface area contributed by atoms with Gasteiger partial charge in [0.15, 0.2) is 0 Å². The highest BCUT2D eigenvalue weighted by molar-refractivity contribution is 9.09. The second-order valence-electron chi connectivity index (χ2n) is 5.44. The first-order chi connectivity index (χ1) is 8.74. The zero-order chi connectivity index (χ0) is 13.2. The molecule has 1 atom stereocenters. The Morgan fingerprint density at radius 3 is 2.33 bits per heavy atom. The summed E-state index contributed by atoms with van der Waals surface area (Å²) in [6.45, 7) is 4.36. The molecule has 1 rings (SSSR count). The lowest BCUT2D eigenvalue weighted by molar-refractivity contribution is -0.121. The van der Waals surface area contributed by atoms with E-state index in [1.807, 2.05) is 0 Å². The van der Waals surface area contributed by atoms with Crippen molar-refractivity contribution in [3.05, 3.63) is 0 Å². The van der Waals surface area contributed by atoms with E-state index in [1.165, 1.54) is 51.4 Å². The average molecular weight is 318 g/mol. The number of likely N-dealkylation sites (tertiary alicyclic amines) is 1. The van der Waals surface area contributed by atoms with Gasteiger partial charge in [0.1, 0.15) is 5.78 Å². The molecule has 1 heterocycles. The van der Waals surface area contributed by atoms with Gasteiger partial charge in [-0.3, -0.25) is 9.69 Å². The fraction of sp³-hybridized carbons (Fsp3) is 0.933. The second kappa shape index (κ2) is 9.96. The minimum absolute atomic E-state index is 0.295. The quantitative estimate of drug-likeness (QED) is 0.354. The fourth-order valence-electron chi connectivity index (χ4n) is 2.53. The highest BCUT2D eigenvalue weighted by Crippen LogP contribution is 2.20. The number of hydrogen-bond acceptors (Lipinski definition) is 2. The van der Waals surface area contributed by atoms with Gasteiger partial charge in [0.05, 0.1) is 4.95 Å². The highest BCUT2D eigenvalue weighted by Gasteiger charge is 2.23. The molecule has 3 heteroatoms. The molecule has 1 aliphatic rings. The molecule has 1 unspecified atom stereocenters. The summed E-state index contributed by atoms with van der Waals surface area (Å²) >= 11 is 3.61. The summed E-state index contributed by atoms with van der Waals surface area (Å²) in [5.41, 5.74) is 0. The standard InChI is InChI=1S/C15H28BrNO/c1-2-3-4-5-6-7-8-9-11-17-12-10-14(18)13-15(17)16/h15H,2-13H2,1H3.